The van der Waals surface area contributed by atoms with Crippen LogP contribution in [0.5, 0.6) is 0 Å². The number of allylic oxidation sites excluding steroid dienone is 2. The summed E-state index contributed by atoms with van der Waals surface area (Å²) < 4.78 is -0.0391. The van der Waals surface area contributed by atoms with Crippen LogP contribution >= 0.6 is 17.0 Å². The molecule has 10 rings (SSSR count). The van der Waals surface area contributed by atoms with E-state index in [9.17, 15) is 17.0 Å². The third-order valence-electron chi connectivity index (χ3n) is 14.6. The summed E-state index contributed by atoms with van der Waals surface area (Å²) in [4.78, 5) is 0. The van der Waals surface area contributed by atoms with Crippen LogP contribution in [-0.2, 0) is 15.6 Å². The molecule has 2 unspecified atom stereocenters. The zero-order chi connectivity index (χ0) is 45.4. The van der Waals surface area contributed by atoms with E-state index in [1.165, 1.54) is 100 Å². The monoisotopic (exact) mass is 989 g/mol. The van der Waals surface area contributed by atoms with Crippen molar-refractivity contribution in [3.05, 3.63) is 228 Å². The van der Waals surface area contributed by atoms with Gasteiger partial charge in [0.25, 0.3) is 0 Å². The Bertz CT molecular complexity index is 2910. The van der Waals surface area contributed by atoms with Gasteiger partial charge >= 0.3 is 405 Å². The van der Waals surface area contributed by atoms with Gasteiger partial charge < -0.3 is 0 Å². The first-order valence-corrected chi connectivity index (χ1v) is 40.3. The molecule has 327 valence electrons. The summed E-state index contributed by atoms with van der Waals surface area (Å²) in [5, 5.41) is 0. The summed E-state index contributed by atoms with van der Waals surface area (Å²) >= 11 is -5.22. The van der Waals surface area contributed by atoms with Gasteiger partial charge in [-0.25, -0.2) is 0 Å². The fourth-order valence-corrected chi connectivity index (χ4v) is 43.1. The summed E-state index contributed by atoms with van der Waals surface area (Å²) in [6.45, 7) is 9.61. The molecule has 0 nitrogen and oxygen atoms in total. The molecule has 2 aliphatic rings. The van der Waals surface area contributed by atoms with Gasteiger partial charge in [-0.1, -0.05) is 0 Å². The molecule has 0 spiro atoms. The zero-order valence-electron chi connectivity index (χ0n) is 38.4. The summed E-state index contributed by atoms with van der Waals surface area (Å²) in [6, 6.07) is 71.2. The van der Waals surface area contributed by atoms with Crippen LogP contribution in [-0.4, -0.2) is 5.92 Å². The number of rotatable bonds is 13. The molecule has 0 saturated carbocycles. The van der Waals surface area contributed by atoms with E-state index in [4.69, 9.17) is 0 Å². The van der Waals surface area contributed by atoms with Crippen molar-refractivity contribution in [3.63, 3.8) is 0 Å². The second-order valence-corrected chi connectivity index (χ2v) is 61.2. The minimum absolute atomic E-state index is 0.0195. The predicted molar refractivity (Wildman–Crippen MR) is 287 cm³/mol. The van der Waals surface area contributed by atoms with Gasteiger partial charge in [-0.15, -0.1) is 0 Å². The van der Waals surface area contributed by atoms with Crippen LogP contribution in [0.25, 0.3) is 78.9 Å². The van der Waals surface area contributed by atoms with Crippen molar-refractivity contribution in [2.75, 3.05) is 0 Å². The third kappa shape index (κ3) is 7.63. The van der Waals surface area contributed by atoms with Gasteiger partial charge in [-0.05, 0) is 0 Å². The predicted octanol–water partition coefficient (Wildman–Crippen LogP) is 18.8. The molecule has 0 saturated heterocycles. The van der Waals surface area contributed by atoms with Gasteiger partial charge in [0.15, 0.2) is 0 Å². The SMILES string of the molecule is CCCC1=Cc2c(ccc(-c3ccccc3)c2-c2ccccc2-c2ccccc2)[CH]1[Zr]([Cl])([Cl])([CH]1C(CCC)=Cc2c1ccc(-c1ccccc1)c2-c1ccccc1-c1ccccc1)[SiH](C)C. The van der Waals surface area contributed by atoms with Crippen molar-refractivity contribution in [2.45, 2.75) is 59.9 Å². The van der Waals surface area contributed by atoms with Crippen molar-refractivity contribution in [3.8, 4) is 66.8 Å². The van der Waals surface area contributed by atoms with Gasteiger partial charge in [0.1, 0.15) is 0 Å². The molecule has 0 aromatic heterocycles. The molecule has 8 aromatic rings. The normalized spacial score (nSPS) is 16.0. The molecule has 0 amide bonds. The Morgan fingerprint density at radius 3 is 1.00 bits per heavy atom. The first-order chi connectivity index (χ1) is 32.2. The Morgan fingerprint density at radius 2 is 0.682 bits per heavy atom. The Morgan fingerprint density at radius 1 is 0.379 bits per heavy atom. The zero-order valence-corrected chi connectivity index (χ0v) is 43.6. The van der Waals surface area contributed by atoms with Crippen LogP contribution in [0.4, 0.5) is 0 Å². The molecule has 0 bridgehead atoms. The number of benzene rings is 8. The second kappa shape index (κ2) is 18.5. The summed E-state index contributed by atoms with van der Waals surface area (Å²) in [7, 11) is 18.4. The number of hydrogen-bond donors (Lipinski definition) is 0. The first kappa shape index (κ1) is 44.7. The molecule has 0 radical (unpaired) electrons. The second-order valence-electron chi connectivity index (χ2n) is 18.7. The molecule has 66 heavy (non-hydrogen) atoms. The molecule has 0 N–H and O–H groups in total. The van der Waals surface area contributed by atoms with E-state index in [-0.39, 0.29) is 7.25 Å². The van der Waals surface area contributed by atoms with Crippen LogP contribution in [0.15, 0.2) is 205 Å². The van der Waals surface area contributed by atoms with Crippen molar-refractivity contribution in [1.29, 1.82) is 0 Å². The Balaban J connectivity index is 1.25. The van der Waals surface area contributed by atoms with Gasteiger partial charge in [-0.2, -0.15) is 0 Å². The van der Waals surface area contributed by atoms with E-state index < -0.39 is 21.5 Å². The fraction of sp³-hybridized carbons (Fsp3) is 0.161. The first-order valence-electron chi connectivity index (χ1n) is 23.9. The average molecular weight is 992 g/mol. The van der Waals surface area contributed by atoms with Crippen molar-refractivity contribution in [2.24, 2.45) is 0 Å². The van der Waals surface area contributed by atoms with Crippen LogP contribution < -0.4 is 0 Å². The summed E-state index contributed by atoms with van der Waals surface area (Å²) in [5.41, 5.74) is 22.9. The van der Waals surface area contributed by atoms with Crippen LogP contribution in [0.2, 0.25) is 13.1 Å². The van der Waals surface area contributed by atoms with E-state index in [1.807, 2.05) is 0 Å². The number of halogens is 2. The molecule has 0 aliphatic heterocycles. The van der Waals surface area contributed by atoms with Crippen LogP contribution in [0.1, 0.15) is 69.0 Å². The van der Waals surface area contributed by atoms with Crippen molar-refractivity contribution in [1.82, 2.24) is 0 Å². The van der Waals surface area contributed by atoms with Crippen LogP contribution in [0.3, 0.4) is 0 Å². The molecular weight excluding hydrogens is 935 g/mol. The van der Waals surface area contributed by atoms with E-state index in [1.54, 1.807) is 0 Å². The molecule has 2 aliphatic carbocycles. The minimum atomic E-state index is -5.22. The van der Waals surface area contributed by atoms with Crippen molar-refractivity contribution >= 4 is 35.1 Å². The Labute approximate surface area is 401 Å². The number of hydrogen-bond acceptors (Lipinski definition) is 0. The van der Waals surface area contributed by atoms with E-state index in [2.05, 4.69) is 233 Å². The third-order valence-corrected chi connectivity index (χ3v) is 66.4. The standard InChI is InChI=1S/2C30H25.C2H7Si.2ClH.Zr/c2*1-2-11-22-20-25-18-19-27(24-14-7-4-8-15-24)30(29(25)21-22)28-17-10-9-16-26(28)23-12-5-3-6-13-23;1-3-2;;;/h2*3-10,12-21H,2,11H2,1H3;3H,1-2H3;2*1H;/q;;;;;+2/p-2. The molecular formula is C62H57Cl2SiZr. The molecule has 0 heterocycles. The summed E-state index contributed by atoms with van der Waals surface area (Å²) in [6.07, 6.45) is 9.08. The summed E-state index contributed by atoms with van der Waals surface area (Å²) in [5.74, 6) is -1.85. The van der Waals surface area contributed by atoms with E-state index >= 15 is 0 Å². The van der Waals surface area contributed by atoms with Gasteiger partial charge in [-0.3, -0.25) is 0 Å². The Hall–Kier alpha value is -5.08. The average Bonchev–Trinajstić information content (AvgIpc) is 3.94. The van der Waals surface area contributed by atoms with E-state index in [0.717, 1.165) is 25.7 Å². The van der Waals surface area contributed by atoms with Gasteiger partial charge in [0, 0.05) is 0 Å². The van der Waals surface area contributed by atoms with Crippen LogP contribution in [0, 0.1) is 0 Å². The topological polar surface area (TPSA) is 0 Å². The Kier molecular flexibility index (Phi) is 12.6. The maximum atomic E-state index is 9.18. The molecule has 2 atom stereocenters. The van der Waals surface area contributed by atoms with Crippen molar-refractivity contribution < 1.29 is 15.6 Å². The molecule has 8 aromatic carbocycles. The van der Waals surface area contributed by atoms with E-state index in [0.29, 0.717) is 0 Å². The quantitative estimate of drug-likeness (QED) is 0.101. The molecule has 4 heteroatoms. The van der Waals surface area contributed by atoms with Gasteiger partial charge in [0.2, 0.25) is 0 Å². The number of fused-ring (bicyclic) bond motifs is 2. The maximum absolute atomic E-state index is 9.18. The fourth-order valence-electron chi connectivity index (χ4n) is 11.6. The van der Waals surface area contributed by atoms with Gasteiger partial charge in [0.05, 0.1) is 0 Å². The molecule has 0 fully saturated rings.